The van der Waals surface area contributed by atoms with Crippen LogP contribution in [0.3, 0.4) is 0 Å². The molecule has 2 amide bonds. The van der Waals surface area contributed by atoms with E-state index in [0.29, 0.717) is 41.4 Å². The van der Waals surface area contributed by atoms with E-state index in [-0.39, 0.29) is 23.1 Å². The summed E-state index contributed by atoms with van der Waals surface area (Å²) in [5.74, 6) is 0.0750. The molecule has 0 atom stereocenters. The largest absolute Gasteiger partial charge is 0.495 e. The van der Waals surface area contributed by atoms with Gasteiger partial charge in [-0.2, -0.15) is 9.97 Å². The number of halogens is 1. The van der Waals surface area contributed by atoms with E-state index in [0.717, 1.165) is 43.6 Å². The second-order valence-corrected chi connectivity index (χ2v) is 10.1. The van der Waals surface area contributed by atoms with Crippen molar-refractivity contribution in [1.29, 1.82) is 0 Å². The summed E-state index contributed by atoms with van der Waals surface area (Å²) in [6.07, 6.45) is 4.73. The van der Waals surface area contributed by atoms with Gasteiger partial charge >= 0.3 is 0 Å². The van der Waals surface area contributed by atoms with Crippen molar-refractivity contribution in [2.24, 2.45) is 0 Å². The van der Waals surface area contributed by atoms with Gasteiger partial charge in [0.1, 0.15) is 23.0 Å². The standard InChI is InChI=1S/C29H31FN8O3/c1-31-28(40)25-19(30)6-5-7-20(25)33-27-18-8-10-32-26(18)35-29(36-27)34-21-15-22-17(14-23(21)41-2)9-13-38(22)24(39)16-37-11-3-4-12-37/h5-8,10,14-15H,3-4,9,11-13,16H2,1-2H3,(H,31,40)(H3,32,33,34,35,36). The van der Waals surface area contributed by atoms with Gasteiger partial charge in [0.25, 0.3) is 5.91 Å². The van der Waals surface area contributed by atoms with Crippen molar-refractivity contribution in [3.8, 4) is 5.75 Å². The quantitative estimate of drug-likeness (QED) is 0.256. The molecule has 4 N–H and O–H groups in total. The third-order valence-electron chi connectivity index (χ3n) is 7.54. The molecule has 0 unspecified atom stereocenters. The van der Waals surface area contributed by atoms with Gasteiger partial charge in [0.2, 0.25) is 11.9 Å². The van der Waals surface area contributed by atoms with Gasteiger partial charge in [0, 0.05) is 25.5 Å². The molecular weight excluding hydrogens is 527 g/mol. The number of rotatable bonds is 8. The fourth-order valence-corrected chi connectivity index (χ4v) is 5.48. The zero-order valence-electron chi connectivity index (χ0n) is 22.9. The van der Waals surface area contributed by atoms with Crippen LogP contribution < -0.4 is 25.6 Å². The zero-order chi connectivity index (χ0) is 28.5. The highest BCUT2D eigenvalue weighted by molar-refractivity contribution is 6.02. The lowest BCUT2D eigenvalue weighted by molar-refractivity contribution is -0.119. The van der Waals surface area contributed by atoms with E-state index in [2.05, 4.69) is 35.8 Å². The summed E-state index contributed by atoms with van der Waals surface area (Å²) >= 11 is 0. The molecule has 12 heteroatoms. The second-order valence-electron chi connectivity index (χ2n) is 10.1. The lowest BCUT2D eigenvalue weighted by Crippen LogP contribution is -2.38. The summed E-state index contributed by atoms with van der Waals surface area (Å²) in [5, 5.41) is 9.48. The van der Waals surface area contributed by atoms with Crippen LogP contribution >= 0.6 is 0 Å². The molecule has 41 heavy (non-hydrogen) atoms. The van der Waals surface area contributed by atoms with E-state index in [9.17, 15) is 14.0 Å². The highest BCUT2D eigenvalue weighted by Crippen LogP contribution is 2.39. The summed E-state index contributed by atoms with van der Waals surface area (Å²) in [6, 6.07) is 9.99. The molecule has 4 heterocycles. The Morgan fingerprint density at radius 2 is 1.90 bits per heavy atom. The van der Waals surface area contributed by atoms with E-state index in [1.54, 1.807) is 25.4 Å². The number of amides is 2. The van der Waals surface area contributed by atoms with Crippen LogP contribution in [0.25, 0.3) is 11.0 Å². The van der Waals surface area contributed by atoms with Crippen LogP contribution in [0.4, 0.5) is 33.2 Å². The number of nitrogens with zero attached hydrogens (tertiary/aromatic N) is 4. The predicted molar refractivity (Wildman–Crippen MR) is 155 cm³/mol. The van der Waals surface area contributed by atoms with Crippen LogP contribution in [0, 0.1) is 5.82 Å². The van der Waals surface area contributed by atoms with Crippen molar-refractivity contribution in [3.05, 3.63) is 59.5 Å². The monoisotopic (exact) mass is 558 g/mol. The number of aromatic nitrogens is 3. The number of nitrogens with one attached hydrogen (secondary N) is 4. The molecule has 0 aliphatic carbocycles. The normalized spacial score (nSPS) is 14.8. The van der Waals surface area contributed by atoms with Crippen LogP contribution in [0.1, 0.15) is 28.8 Å². The van der Waals surface area contributed by atoms with E-state index in [4.69, 9.17) is 4.74 Å². The van der Waals surface area contributed by atoms with Gasteiger partial charge in [-0.3, -0.25) is 14.5 Å². The minimum absolute atomic E-state index is 0.0827. The fourth-order valence-electron chi connectivity index (χ4n) is 5.48. The molecule has 212 valence electrons. The van der Waals surface area contributed by atoms with Gasteiger partial charge in [0.05, 0.1) is 36.0 Å². The number of benzene rings is 2. The SMILES string of the molecule is CNC(=O)c1c(F)cccc1Nc1nc(Nc2cc3c(cc2OC)CCN3C(=O)CN2CCCC2)nc2[nH]ccc12. The van der Waals surface area contributed by atoms with Gasteiger partial charge in [-0.05, 0) is 68.2 Å². The molecule has 0 saturated carbocycles. The average Bonchev–Trinajstić information content (AvgIpc) is 3.73. The minimum atomic E-state index is -0.654. The maximum Gasteiger partial charge on any atom is 0.256 e. The summed E-state index contributed by atoms with van der Waals surface area (Å²) in [5.41, 5.74) is 3.15. The van der Waals surface area contributed by atoms with Crippen molar-refractivity contribution in [3.63, 3.8) is 0 Å². The molecule has 0 spiro atoms. The van der Waals surface area contributed by atoms with Crippen molar-refractivity contribution in [1.82, 2.24) is 25.2 Å². The maximum absolute atomic E-state index is 14.6. The predicted octanol–water partition coefficient (Wildman–Crippen LogP) is 3.94. The van der Waals surface area contributed by atoms with E-state index in [1.807, 2.05) is 17.0 Å². The van der Waals surface area contributed by atoms with E-state index >= 15 is 0 Å². The maximum atomic E-state index is 14.6. The highest BCUT2D eigenvalue weighted by Gasteiger charge is 2.28. The Bertz CT molecular complexity index is 1630. The highest BCUT2D eigenvalue weighted by atomic mass is 19.1. The number of anilines is 5. The van der Waals surface area contributed by atoms with E-state index < -0.39 is 11.7 Å². The molecule has 6 rings (SSSR count). The first-order valence-corrected chi connectivity index (χ1v) is 13.6. The lowest BCUT2D eigenvalue weighted by atomic mass is 10.1. The Balaban J connectivity index is 1.33. The lowest BCUT2D eigenvalue weighted by Gasteiger charge is -2.22. The molecule has 2 aliphatic rings. The average molecular weight is 559 g/mol. The van der Waals surface area contributed by atoms with Gasteiger partial charge in [-0.15, -0.1) is 0 Å². The molecular formula is C29H31FN8O3. The first-order valence-electron chi connectivity index (χ1n) is 13.6. The number of hydrogen-bond acceptors (Lipinski definition) is 8. The Kier molecular flexibility index (Phi) is 7.14. The van der Waals surface area contributed by atoms with Crippen LogP contribution in [-0.4, -0.2) is 72.0 Å². The summed E-state index contributed by atoms with van der Waals surface area (Å²) in [7, 11) is 3.03. The second kappa shape index (κ2) is 11.0. The number of methoxy groups -OCH3 is 1. The Labute approximate surface area is 236 Å². The molecule has 2 aromatic heterocycles. The van der Waals surface area contributed by atoms with E-state index in [1.165, 1.54) is 19.2 Å². The summed E-state index contributed by atoms with van der Waals surface area (Å²) in [4.78, 5) is 42.0. The van der Waals surface area contributed by atoms with Gasteiger partial charge < -0.3 is 30.6 Å². The summed E-state index contributed by atoms with van der Waals surface area (Å²) < 4.78 is 20.3. The molecule has 4 aromatic rings. The molecule has 0 bridgehead atoms. The topological polar surface area (TPSA) is 128 Å². The first-order chi connectivity index (χ1) is 19.9. The molecule has 2 aliphatic heterocycles. The molecule has 2 aromatic carbocycles. The first kappa shape index (κ1) is 26.5. The number of carbonyl (C=O) groups is 2. The minimum Gasteiger partial charge on any atom is -0.495 e. The third kappa shape index (κ3) is 5.13. The van der Waals surface area contributed by atoms with Gasteiger partial charge in [-0.25, -0.2) is 4.39 Å². The molecule has 11 nitrogen and oxygen atoms in total. The number of fused-ring (bicyclic) bond motifs is 2. The molecule has 1 saturated heterocycles. The number of ether oxygens (including phenoxy) is 1. The van der Waals surface area contributed by atoms with Gasteiger partial charge in [0.15, 0.2) is 0 Å². The van der Waals surface area contributed by atoms with Gasteiger partial charge in [-0.1, -0.05) is 6.07 Å². The summed E-state index contributed by atoms with van der Waals surface area (Å²) in [6.45, 7) is 2.94. The van der Waals surface area contributed by atoms with Crippen molar-refractivity contribution < 1.29 is 18.7 Å². The van der Waals surface area contributed by atoms with Crippen LogP contribution in [-0.2, 0) is 11.2 Å². The van der Waals surface area contributed by atoms with Crippen LogP contribution in [0.2, 0.25) is 0 Å². The third-order valence-corrected chi connectivity index (χ3v) is 7.54. The zero-order valence-corrected chi connectivity index (χ0v) is 22.9. The number of aromatic amines is 1. The van der Waals surface area contributed by atoms with Crippen LogP contribution in [0.5, 0.6) is 5.75 Å². The number of H-pyrrole nitrogens is 1. The van der Waals surface area contributed by atoms with Crippen molar-refractivity contribution >= 4 is 51.7 Å². The molecule has 0 radical (unpaired) electrons. The van der Waals surface area contributed by atoms with Crippen molar-refractivity contribution in [2.45, 2.75) is 19.3 Å². The smallest absolute Gasteiger partial charge is 0.256 e. The Hall–Kier alpha value is -4.71. The van der Waals surface area contributed by atoms with Crippen LogP contribution in [0.15, 0.2) is 42.6 Å². The fraction of sp³-hybridized carbons (Fsp3) is 0.310. The number of carbonyl (C=O) groups excluding carboxylic acids is 2. The van der Waals surface area contributed by atoms with Crippen molar-refractivity contribution in [2.75, 3.05) is 55.9 Å². The Morgan fingerprint density at radius 3 is 2.68 bits per heavy atom. The number of hydrogen-bond donors (Lipinski definition) is 4. The number of likely N-dealkylation sites (tertiary alicyclic amines) is 1. The molecule has 1 fully saturated rings. The Morgan fingerprint density at radius 1 is 1.07 bits per heavy atom.